The van der Waals surface area contributed by atoms with Gasteiger partial charge < -0.3 is 16.0 Å². The van der Waals surface area contributed by atoms with Crippen LogP contribution in [0, 0.1) is 0 Å². The lowest BCUT2D eigenvalue weighted by Crippen LogP contribution is -2.55. The highest BCUT2D eigenvalue weighted by Crippen LogP contribution is 2.30. The van der Waals surface area contributed by atoms with E-state index in [1.54, 1.807) is 18.2 Å². The number of urea groups is 1. The Kier molecular flexibility index (Phi) is 6.48. The highest BCUT2D eigenvalue weighted by atomic mass is 16.2. The molecule has 0 saturated heterocycles. The van der Waals surface area contributed by atoms with E-state index < -0.39 is 12.1 Å². The van der Waals surface area contributed by atoms with Crippen LogP contribution in [-0.2, 0) is 22.4 Å². The first-order chi connectivity index (χ1) is 17.1. The van der Waals surface area contributed by atoms with Gasteiger partial charge in [0.1, 0.15) is 12.6 Å². The molecule has 7 heteroatoms. The fourth-order valence-electron chi connectivity index (χ4n) is 4.88. The summed E-state index contributed by atoms with van der Waals surface area (Å²) in [5.41, 5.74) is 4.50. The van der Waals surface area contributed by atoms with Crippen molar-refractivity contribution >= 4 is 29.2 Å². The molecule has 4 amide bonds. The normalized spacial score (nSPS) is 17.4. The van der Waals surface area contributed by atoms with Gasteiger partial charge in [-0.05, 0) is 48.1 Å². The average Bonchev–Trinajstić information content (AvgIpc) is 2.88. The van der Waals surface area contributed by atoms with Crippen molar-refractivity contribution < 1.29 is 14.4 Å². The Bertz CT molecular complexity index is 1240. The molecular weight excluding hydrogens is 440 g/mol. The molecule has 2 unspecified atom stereocenters. The maximum Gasteiger partial charge on any atom is 0.323 e. The number of aryl methyl sites for hydroxylation is 1. The highest BCUT2D eigenvalue weighted by molar-refractivity contribution is 6.10. The third-order valence-corrected chi connectivity index (χ3v) is 6.60. The summed E-state index contributed by atoms with van der Waals surface area (Å²) in [6.45, 7) is -0.113. The van der Waals surface area contributed by atoms with Crippen LogP contribution in [0.1, 0.15) is 35.6 Å². The van der Waals surface area contributed by atoms with Crippen molar-refractivity contribution in [3.05, 3.63) is 95.6 Å². The number of rotatable bonds is 5. The number of nitrogens with one attached hydrogen (secondary N) is 3. The molecule has 7 nitrogen and oxygen atoms in total. The Hall–Kier alpha value is -4.13. The fraction of sp³-hybridized carbons (Fsp3) is 0.250. The standard InChI is InChI=1S/C28H28N4O3/c33-26-18-32(25-16-7-6-14-23(25)29-26)28(35)31-24(17-19-9-2-1-3-10-19)27(34)30-22-15-8-12-20-11-4-5-13-21(20)22/h1-7,9-11,13-14,16,22,24H,8,12,15,17-18H2,(H,29,33)(H,30,34)(H,31,35). The second-order valence-corrected chi connectivity index (χ2v) is 9.00. The van der Waals surface area contributed by atoms with Crippen molar-refractivity contribution in [1.82, 2.24) is 10.6 Å². The van der Waals surface area contributed by atoms with Crippen molar-refractivity contribution in [2.45, 2.75) is 37.8 Å². The van der Waals surface area contributed by atoms with Gasteiger partial charge in [0.15, 0.2) is 0 Å². The third-order valence-electron chi connectivity index (χ3n) is 6.60. The van der Waals surface area contributed by atoms with Crippen LogP contribution in [0.3, 0.4) is 0 Å². The Morgan fingerprint density at radius 3 is 2.57 bits per heavy atom. The third kappa shape index (κ3) is 5.04. The Balaban J connectivity index is 1.37. The van der Waals surface area contributed by atoms with Crippen molar-refractivity contribution in [2.24, 2.45) is 0 Å². The molecule has 0 aromatic heterocycles. The minimum absolute atomic E-state index is 0.0934. The molecule has 0 radical (unpaired) electrons. The summed E-state index contributed by atoms with van der Waals surface area (Å²) >= 11 is 0. The van der Waals surface area contributed by atoms with Gasteiger partial charge in [-0.2, -0.15) is 0 Å². The average molecular weight is 469 g/mol. The van der Waals surface area contributed by atoms with E-state index in [-0.39, 0.29) is 24.4 Å². The maximum absolute atomic E-state index is 13.5. The lowest BCUT2D eigenvalue weighted by molar-refractivity contribution is -0.123. The van der Waals surface area contributed by atoms with E-state index in [4.69, 9.17) is 0 Å². The molecule has 0 bridgehead atoms. The van der Waals surface area contributed by atoms with Crippen molar-refractivity contribution in [3.63, 3.8) is 0 Å². The largest absolute Gasteiger partial charge is 0.347 e. The molecule has 0 spiro atoms. The quantitative estimate of drug-likeness (QED) is 0.529. The molecule has 3 aromatic carbocycles. The van der Waals surface area contributed by atoms with Crippen molar-refractivity contribution in [2.75, 3.05) is 16.8 Å². The number of hydrogen-bond donors (Lipinski definition) is 3. The summed E-state index contributed by atoms with van der Waals surface area (Å²) in [4.78, 5) is 40.5. The number of anilines is 2. The number of hydrogen-bond acceptors (Lipinski definition) is 3. The van der Waals surface area contributed by atoms with E-state index in [2.05, 4.69) is 28.1 Å². The highest BCUT2D eigenvalue weighted by Gasteiger charge is 2.31. The van der Waals surface area contributed by atoms with E-state index in [1.165, 1.54) is 10.5 Å². The van der Waals surface area contributed by atoms with E-state index in [9.17, 15) is 14.4 Å². The predicted octanol–water partition coefficient (Wildman–Crippen LogP) is 3.96. The Morgan fingerprint density at radius 2 is 1.71 bits per heavy atom. The second kappa shape index (κ2) is 10.0. The maximum atomic E-state index is 13.5. The molecular formula is C28H28N4O3. The van der Waals surface area contributed by atoms with Gasteiger partial charge in [-0.3, -0.25) is 14.5 Å². The van der Waals surface area contributed by atoms with Gasteiger partial charge in [-0.15, -0.1) is 0 Å². The number of fused-ring (bicyclic) bond motifs is 2. The number of benzene rings is 3. The summed E-state index contributed by atoms with van der Waals surface area (Å²) in [6.07, 6.45) is 3.20. The van der Waals surface area contributed by atoms with Crippen LogP contribution in [0.4, 0.5) is 16.2 Å². The predicted molar refractivity (Wildman–Crippen MR) is 135 cm³/mol. The number of para-hydroxylation sites is 2. The Labute approximate surface area is 204 Å². The smallest absolute Gasteiger partial charge is 0.323 e. The van der Waals surface area contributed by atoms with Gasteiger partial charge in [-0.25, -0.2) is 4.79 Å². The molecule has 2 atom stereocenters. The number of nitrogens with zero attached hydrogens (tertiary/aromatic N) is 1. The molecule has 2 aliphatic rings. The van der Waals surface area contributed by atoms with E-state index in [1.807, 2.05) is 48.5 Å². The fourth-order valence-corrected chi connectivity index (χ4v) is 4.88. The van der Waals surface area contributed by atoms with Crippen LogP contribution < -0.4 is 20.9 Å². The van der Waals surface area contributed by atoms with Crippen LogP contribution in [0.5, 0.6) is 0 Å². The molecule has 3 aromatic rings. The molecule has 1 aliphatic carbocycles. The molecule has 35 heavy (non-hydrogen) atoms. The zero-order chi connectivity index (χ0) is 24.2. The molecule has 178 valence electrons. The molecule has 0 saturated carbocycles. The van der Waals surface area contributed by atoms with Gasteiger partial charge in [0.05, 0.1) is 17.4 Å². The summed E-state index contributed by atoms with van der Waals surface area (Å²) in [5, 5.41) is 8.87. The first-order valence-electron chi connectivity index (χ1n) is 12.0. The van der Waals surface area contributed by atoms with Crippen LogP contribution in [0.2, 0.25) is 0 Å². The summed E-state index contributed by atoms with van der Waals surface area (Å²) < 4.78 is 0. The minimum Gasteiger partial charge on any atom is -0.347 e. The molecule has 3 N–H and O–H groups in total. The van der Waals surface area contributed by atoms with Gasteiger partial charge in [0, 0.05) is 6.42 Å². The van der Waals surface area contributed by atoms with Gasteiger partial charge in [0.2, 0.25) is 11.8 Å². The van der Waals surface area contributed by atoms with Crippen LogP contribution in [0.25, 0.3) is 0 Å². The zero-order valence-corrected chi connectivity index (χ0v) is 19.4. The number of carbonyl (C=O) groups is 3. The van der Waals surface area contributed by atoms with Crippen LogP contribution in [-0.4, -0.2) is 30.4 Å². The SMILES string of the molecule is O=C1CN(C(=O)NC(Cc2ccccc2)C(=O)NC2CCCc3ccccc32)c2ccccc2N1. The summed E-state index contributed by atoms with van der Waals surface area (Å²) in [5.74, 6) is -0.514. The topological polar surface area (TPSA) is 90.5 Å². The monoisotopic (exact) mass is 468 g/mol. The molecule has 1 heterocycles. The van der Waals surface area contributed by atoms with Crippen molar-refractivity contribution in [1.29, 1.82) is 0 Å². The zero-order valence-electron chi connectivity index (χ0n) is 19.4. The first kappa shape index (κ1) is 22.7. The van der Waals surface area contributed by atoms with Crippen molar-refractivity contribution in [3.8, 4) is 0 Å². The van der Waals surface area contributed by atoms with E-state index in [0.717, 1.165) is 30.4 Å². The van der Waals surface area contributed by atoms with E-state index >= 15 is 0 Å². The lowest BCUT2D eigenvalue weighted by Gasteiger charge is -2.32. The summed E-state index contributed by atoms with van der Waals surface area (Å²) in [7, 11) is 0. The van der Waals surface area contributed by atoms with Gasteiger partial charge in [-0.1, -0.05) is 66.7 Å². The molecule has 5 rings (SSSR count). The van der Waals surface area contributed by atoms with Gasteiger partial charge >= 0.3 is 6.03 Å². The first-order valence-corrected chi connectivity index (χ1v) is 12.0. The molecule has 1 aliphatic heterocycles. The molecule has 0 fully saturated rings. The van der Waals surface area contributed by atoms with Crippen LogP contribution in [0.15, 0.2) is 78.9 Å². The second-order valence-electron chi connectivity index (χ2n) is 9.00. The Morgan fingerprint density at radius 1 is 0.971 bits per heavy atom. The lowest BCUT2D eigenvalue weighted by atomic mass is 9.87. The minimum atomic E-state index is -0.795. The van der Waals surface area contributed by atoms with Crippen LogP contribution >= 0.6 is 0 Å². The number of carbonyl (C=O) groups excluding carboxylic acids is 3. The summed E-state index contributed by atoms with van der Waals surface area (Å²) in [6, 6.07) is 23.6. The van der Waals surface area contributed by atoms with Gasteiger partial charge in [0.25, 0.3) is 0 Å². The van der Waals surface area contributed by atoms with E-state index in [0.29, 0.717) is 17.8 Å². The number of amides is 4.